The predicted octanol–water partition coefficient (Wildman–Crippen LogP) is 1.43. The number of ether oxygens (including phenoxy) is 2. The Labute approximate surface area is 149 Å². The largest absolute Gasteiger partial charge is 0.497 e. The molecule has 1 aliphatic carbocycles. The molecular formula is C18H28N4O3. The summed E-state index contributed by atoms with van der Waals surface area (Å²) in [6.45, 7) is 1.27. The molecule has 1 fully saturated rings. The van der Waals surface area contributed by atoms with Gasteiger partial charge in [0.15, 0.2) is 5.96 Å². The summed E-state index contributed by atoms with van der Waals surface area (Å²) in [5, 5.41) is 9.45. The first kappa shape index (κ1) is 18.9. The zero-order chi connectivity index (χ0) is 18.1. The molecule has 3 N–H and O–H groups in total. The van der Waals surface area contributed by atoms with E-state index >= 15 is 0 Å². The fourth-order valence-corrected chi connectivity index (χ4v) is 2.38. The Bertz CT molecular complexity index is 600. The zero-order valence-corrected chi connectivity index (χ0v) is 15.2. The van der Waals surface area contributed by atoms with Crippen molar-refractivity contribution in [3.63, 3.8) is 0 Å². The van der Waals surface area contributed by atoms with Crippen molar-refractivity contribution in [2.75, 3.05) is 27.8 Å². The van der Waals surface area contributed by atoms with E-state index in [2.05, 4.69) is 20.9 Å². The van der Waals surface area contributed by atoms with Gasteiger partial charge in [-0.15, -0.1) is 0 Å². The highest BCUT2D eigenvalue weighted by Gasteiger charge is 2.22. The van der Waals surface area contributed by atoms with Gasteiger partial charge in [0.1, 0.15) is 11.5 Å². The summed E-state index contributed by atoms with van der Waals surface area (Å²) in [5.41, 5.74) is 1.01. The molecule has 0 bridgehead atoms. The van der Waals surface area contributed by atoms with Crippen LogP contribution in [0.5, 0.6) is 11.5 Å². The molecule has 138 valence electrons. The standard InChI is InChI=1S/C18H28N4O3/c1-19-18(20-10-4-5-17(23)22-14-7-8-14)21-12-13-6-9-15(24-2)11-16(13)25-3/h6,9,11,14H,4-5,7-8,10,12H2,1-3H3,(H,22,23)(H2,19,20,21). The lowest BCUT2D eigenvalue weighted by Gasteiger charge is -2.14. The van der Waals surface area contributed by atoms with Crippen LogP contribution in [-0.4, -0.2) is 45.7 Å². The number of nitrogens with one attached hydrogen (secondary N) is 3. The number of amides is 1. The Kier molecular flexibility index (Phi) is 7.37. The lowest BCUT2D eigenvalue weighted by molar-refractivity contribution is -0.121. The van der Waals surface area contributed by atoms with E-state index in [9.17, 15) is 4.79 Å². The highest BCUT2D eigenvalue weighted by atomic mass is 16.5. The van der Waals surface area contributed by atoms with Gasteiger partial charge in [0.2, 0.25) is 5.91 Å². The summed E-state index contributed by atoms with van der Waals surface area (Å²) in [4.78, 5) is 15.8. The van der Waals surface area contributed by atoms with Gasteiger partial charge in [-0.2, -0.15) is 0 Å². The molecule has 0 radical (unpaired) electrons. The average Bonchev–Trinajstić information content (AvgIpc) is 3.44. The molecule has 0 heterocycles. The minimum atomic E-state index is 0.134. The van der Waals surface area contributed by atoms with Crippen LogP contribution in [-0.2, 0) is 11.3 Å². The zero-order valence-electron chi connectivity index (χ0n) is 15.2. The molecule has 0 unspecified atom stereocenters. The van der Waals surface area contributed by atoms with Crippen molar-refractivity contribution < 1.29 is 14.3 Å². The summed E-state index contributed by atoms with van der Waals surface area (Å²) in [6, 6.07) is 6.13. The first-order valence-corrected chi connectivity index (χ1v) is 8.61. The van der Waals surface area contributed by atoms with Gasteiger partial charge in [-0.05, 0) is 31.4 Å². The molecule has 0 spiro atoms. The third-order valence-corrected chi connectivity index (χ3v) is 3.98. The van der Waals surface area contributed by atoms with E-state index in [4.69, 9.17) is 9.47 Å². The number of rotatable bonds is 9. The number of carbonyl (C=O) groups excluding carboxylic acids is 1. The molecule has 7 heteroatoms. The lowest BCUT2D eigenvalue weighted by atomic mass is 10.2. The maximum Gasteiger partial charge on any atom is 0.220 e. The Morgan fingerprint density at radius 1 is 1.24 bits per heavy atom. The second kappa shape index (κ2) is 9.76. The lowest BCUT2D eigenvalue weighted by Crippen LogP contribution is -2.37. The number of aliphatic imine (C=N–C) groups is 1. The first-order valence-electron chi connectivity index (χ1n) is 8.61. The van der Waals surface area contributed by atoms with Crippen LogP contribution >= 0.6 is 0 Å². The molecule has 1 aliphatic rings. The number of hydrogen-bond acceptors (Lipinski definition) is 4. The number of hydrogen-bond donors (Lipinski definition) is 3. The highest BCUT2D eigenvalue weighted by molar-refractivity contribution is 5.80. The average molecular weight is 348 g/mol. The molecule has 25 heavy (non-hydrogen) atoms. The van der Waals surface area contributed by atoms with Crippen molar-refractivity contribution in [2.45, 2.75) is 38.3 Å². The number of nitrogens with zero attached hydrogens (tertiary/aromatic N) is 1. The van der Waals surface area contributed by atoms with E-state index in [1.807, 2.05) is 18.2 Å². The summed E-state index contributed by atoms with van der Waals surface area (Å²) < 4.78 is 10.6. The molecule has 7 nitrogen and oxygen atoms in total. The van der Waals surface area contributed by atoms with Gasteiger partial charge in [0.05, 0.1) is 14.2 Å². The third kappa shape index (κ3) is 6.52. The fraction of sp³-hybridized carbons (Fsp3) is 0.556. The van der Waals surface area contributed by atoms with Gasteiger partial charge in [-0.3, -0.25) is 9.79 Å². The molecule has 1 aromatic carbocycles. The van der Waals surface area contributed by atoms with E-state index in [1.165, 1.54) is 0 Å². The van der Waals surface area contributed by atoms with Gasteiger partial charge in [0.25, 0.3) is 0 Å². The number of methoxy groups -OCH3 is 2. The van der Waals surface area contributed by atoms with Crippen molar-refractivity contribution >= 4 is 11.9 Å². The van der Waals surface area contributed by atoms with Crippen LogP contribution in [0.25, 0.3) is 0 Å². The smallest absolute Gasteiger partial charge is 0.220 e. The van der Waals surface area contributed by atoms with E-state index in [-0.39, 0.29) is 5.91 Å². The van der Waals surface area contributed by atoms with Crippen LogP contribution in [0.3, 0.4) is 0 Å². The van der Waals surface area contributed by atoms with Gasteiger partial charge in [-0.25, -0.2) is 0 Å². The molecule has 1 aromatic rings. The monoisotopic (exact) mass is 348 g/mol. The molecule has 1 amide bonds. The maximum absolute atomic E-state index is 11.6. The van der Waals surface area contributed by atoms with Crippen LogP contribution in [0.4, 0.5) is 0 Å². The Hall–Kier alpha value is -2.44. The van der Waals surface area contributed by atoms with E-state index in [0.29, 0.717) is 31.5 Å². The Morgan fingerprint density at radius 3 is 2.68 bits per heavy atom. The quantitative estimate of drug-likeness (QED) is 0.357. The molecule has 1 saturated carbocycles. The number of carbonyl (C=O) groups is 1. The minimum absolute atomic E-state index is 0.134. The van der Waals surface area contributed by atoms with E-state index < -0.39 is 0 Å². The molecule has 0 aliphatic heterocycles. The summed E-state index contributed by atoms with van der Waals surface area (Å²) in [5.74, 6) is 2.35. The normalized spacial score (nSPS) is 14.0. The number of guanidine groups is 1. The van der Waals surface area contributed by atoms with Crippen LogP contribution in [0, 0.1) is 0 Å². The first-order chi connectivity index (χ1) is 12.2. The van der Waals surface area contributed by atoms with Crippen molar-refractivity contribution in [3.8, 4) is 11.5 Å². The molecule has 0 atom stereocenters. The third-order valence-electron chi connectivity index (χ3n) is 3.98. The van der Waals surface area contributed by atoms with Gasteiger partial charge in [0, 0.05) is 44.2 Å². The maximum atomic E-state index is 11.6. The van der Waals surface area contributed by atoms with Gasteiger partial charge >= 0.3 is 0 Å². The van der Waals surface area contributed by atoms with E-state index in [1.54, 1.807) is 21.3 Å². The van der Waals surface area contributed by atoms with Crippen molar-refractivity contribution in [1.82, 2.24) is 16.0 Å². The molecule has 0 saturated heterocycles. The van der Waals surface area contributed by atoms with Crippen molar-refractivity contribution in [2.24, 2.45) is 4.99 Å². The number of benzene rings is 1. The highest BCUT2D eigenvalue weighted by Crippen LogP contribution is 2.24. The molecular weight excluding hydrogens is 320 g/mol. The topological polar surface area (TPSA) is 84.0 Å². The van der Waals surface area contributed by atoms with Crippen LogP contribution in [0.2, 0.25) is 0 Å². The van der Waals surface area contributed by atoms with Crippen molar-refractivity contribution in [1.29, 1.82) is 0 Å². The van der Waals surface area contributed by atoms with Gasteiger partial charge in [-0.1, -0.05) is 0 Å². The summed E-state index contributed by atoms with van der Waals surface area (Å²) >= 11 is 0. The second-order valence-electron chi connectivity index (χ2n) is 5.98. The van der Waals surface area contributed by atoms with Gasteiger partial charge < -0.3 is 25.4 Å². The van der Waals surface area contributed by atoms with Crippen molar-refractivity contribution in [3.05, 3.63) is 23.8 Å². The fourth-order valence-electron chi connectivity index (χ4n) is 2.38. The molecule has 2 rings (SSSR count). The SMILES string of the molecule is CN=C(NCCCC(=O)NC1CC1)NCc1ccc(OC)cc1OC. The second-order valence-corrected chi connectivity index (χ2v) is 5.98. The predicted molar refractivity (Wildman–Crippen MR) is 98.1 cm³/mol. The van der Waals surface area contributed by atoms with Crippen LogP contribution in [0.15, 0.2) is 23.2 Å². The van der Waals surface area contributed by atoms with Crippen LogP contribution in [0.1, 0.15) is 31.2 Å². The van der Waals surface area contributed by atoms with E-state index in [0.717, 1.165) is 36.3 Å². The molecule has 0 aromatic heterocycles. The van der Waals surface area contributed by atoms with Crippen LogP contribution < -0.4 is 25.4 Å². The summed E-state index contributed by atoms with van der Waals surface area (Å²) in [7, 11) is 4.99. The Balaban J connectivity index is 1.71. The summed E-state index contributed by atoms with van der Waals surface area (Å²) in [6.07, 6.45) is 3.54. The minimum Gasteiger partial charge on any atom is -0.497 e. The Morgan fingerprint density at radius 2 is 2.04 bits per heavy atom.